The van der Waals surface area contributed by atoms with Crippen molar-refractivity contribution in [2.75, 3.05) is 32.8 Å². The number of piperazine rings is 1. The standard InChI is InChI=1S/C13H17N3O4/c14-13(19)16-7-5-15(6-8-16)12(18)9-20-11-3-1-10(17)2-4-11/h1-4,17H,5-9H2,(H2,14,19). The van der Waals surface area contributed by atoms with E-state index in [1.807, 2.05) is 0 Å². The summed E-state index contributed by atoms with van der Waals surface area (Å²) < 4.78 is 5.34. The van der Waals surface area contributed by atoms with E-state index in [-0.39, 0.29) is 18.3 Å². The normalized spacial score (nSPS) is 15.0. The van der Waals surface area contributed by atoms with Crippen LogP contribution in [0.25, 0.3) is 0 Å². The van der Waals surface area contributed by atoms with Crippen LogP contribution in [0, 0.1) is 0 Å². The summed E-state index contributed by atoms with van der Waals surface area (Å²) in [5, 5.41) is 9.13. The minimum absolute atomic E-state index is 0.0681. The monoisotopic (exact) mass is 279 g/mol. The quantitative estimate of drug-likeness (QED) is 0.813. The van der Waals surface area contributed by atoms with E-state index in [1.165, 1.54) is 17.0 Å². The van der Waals surface area contributed by atoms with Crippen LogP contribution in [0.2, 0.25) is 0 Å². The number of carbonyl (C=O) groups is 2. The van der Waals surface area contributed by atoms with Gasteiger partial charge < -0.3 is 25.4 Å². The summed E-state index contributed by atoms with van der Waals surface area (Å²) in [5.74, 6) is 0.528. The number of benzene rings is 1. The molecule has 0 bridgehead atoms. The summed E-state index contributed by atoms with van der Waals surface area (Å²) in [5.41, 5.74) is 5.17. The molecular formula is C13H17N3O4. The fourth-order valence-electron chi connectivity index (χ4n) is 1.95. The number of hydrogen-bond acceptors (Lipinski definition) is 4. The average molecular weight is 279 g/mol. The topological polar surface area (TPSA) is 96.1 Å². The van der Waals surface area contributed by atoms with Gasteiger partial charge in [0.2, 0.25) is 0 Å². The third-order valence-corrected chi connectivity index (χ3v) is 3.14. The molecule has 1 saturated heterocycles. The van der Waals surface area contributed by atoms with E-state index in [0.29, 0.717) is 31.9 Å². The van der Waals surface area contributed by atoms with Crippen LogP contribution in [0.3, 0.4) is 0 Å². The van der Waals surface area contributed by atoms with Crippen molar-refractivity contribution < 1.29 is 19.4 Å². The van der Waals surface area contributed by atoms with Gasteiger partial charge in [-0.05, 0) is 24.3 Å². The van der Waals surface area contributed by atoms with Gasteiger partial charge in [0, 0.05) is 26.2 Å². The molecule has 0 spiro atoms. The molecule has 0 saturated carbocycles. The molecule has 1 aliphatic heterocycles. The van der Waals surface area contributed by atoms with Gasteiger partial charge in [0.25, 0.3) is 5.91 Å². The summed E-state index contributed by atoms with van der Waals surface area (Å²) >= 11 is 0. The van der Waals surface area contributed by atoms with Crippen molar-refractivity contribution in [3.05, 3.63) is 24.3 Å². The SMILES string of the molecule is NC(=O)N1CCN(C(=O)COc2ccc(O)cc2)CC1. The van der Waals surface area contributed by atoms with Crippen LogP contribution in [-0.4, -0.2) is 59.6 Å². The molecule has 0 radical (unpaired) electrons. The third-order valence-electron chi connectivity index (χ3n) is 3.14. The second-order valence-corrected chi connectivity index (χ2v) is 4.49. The van der Waals surface area contributed by atoms with Crippen molar-refractivity contribution in [3.8, 4) is 11.5 Å². The highest BCUT2D eigenvalue weighted by atomic mass is 16.5. The second-order valence-electron chi connectivity index (χ2n) is 4.49. The zero-order valence-electron chi connectivity index (χ0n) is 11.0. The fraction of sp³-hybridized carbons (Fsp3) is 0.385. The Morgan fingerprint density at radius 1 is 1.10 bits per heavy atom. The third kappa shape index (κ3) is 3.53. The lowest BCUT2D eigenvalue weighted by Gasteiger charge is -2.33. The predicted molar refractivity (Wildman–Crippen MR) is 71.3 cm³/mol. The van der Waals surface area contributed by atoms with E-state index in [0.717, 1.165) is 0 Å². The molecule has 20 heavy (non-hydrogen) atoms. The number of phenols is 1. The van der Waals surface area contributed by atoms with Crippen LogP contribution in [0.5, 0.6) is 11.5 Å². The Labute approximate surface area is 116 Å². The van der Waals surface area contributed by atoms with Crippen LogP contribution >= 0.6 is 0 Å². The number of rotatable bonds is 3. The zero-order valence-corrected chi connectivity index (χ0v) is 11.0. The van der Waals surface area contributed by atoms with Gasteiger partial charge in [-0.3, -0.25) is 4.79 Å². The van der Waals surface area contributed by atoms with Crippen molar-refractivity contribution in [2.45, 2.75) is 0 Å². The van der Waals surface area contributed by atoms with Crippen molar-refractivity contribution >= 4 is 11.9 Å². The summed E-state index contributed by atoms with van der Waals surface area (Å²) in [6.07, 6.45) is 0. The van der Waals surface area contributed by atoms with Crippen LogP contribution < -0.4 is 10.5 Å². The number of urea groups is 1. The van der Waals surface area contributed by atoms with Crippen molar-refractivity contribution in [3.63, 3.8) is 0 Å². The highest BCUT2D eigenvalue weighted by Gasteiger charge is 2.22. The van der Waals surface area contributed by atoms with Crippen molar-refractivity contribution in [2.24, 2.45) is 5.73 Å². The summed E-state index contributed by atoms with van der Waals surface area (Å²) in [4.78, 5) is 26.0. The lowest BCUT2D eigenvalue weighted by Crippen LogP contribution is -2.52. The van der Waals surface area contributed by atoms with Gasteiger partial charge in [-0.15, -0.1) is 0 Å². The highest BCUT2D eigenvalue weighted by molar-refractivity contribution is 5.78. The van der Waals surface area contributed by atoms with Gasteiger partial charge >= 0.3 is 6.03 Å². The molecule has 2 rings (SSSR count). The Morgan fingerprint density at radius 2 is 1.65 bits per heavy atom. The molecule has 7 nitrogen and oxygen atoms in total. The number of aromatic hydroxyl groups is 1. The average Bonchev–Trinajstić information content (AvgIpc) is 2.46. The van der Waals surface area contributed by atoms with Crippen molar-refractivity contribution in [1.82, 2.24) is 9.80 Å². The lowest BCUT2D eigenvalue weighted by molar-refractivity contribution is -0.134. The summed E-state index contributed by atoms with van der Waals surface area (Å²) in [7, 11) is 0. The van der Waals surface area contributed by atoms with Crippen molar-refractivity contribution in [1.29, 1.82) is 0 Å². The fourth-order valence-corrected chi connectivity index (χ4v) is 1.95. The number of hydrogen-bond donors (Lipinski definition) is 2. The first-order valence-electron chi connectivity index (χ1n) is 6.30. The Morgan fingerprint density at radius 3 is 2.20 bits per heavy atom. The summed E-state index contributed by atoms with van der Waals surface area (Å²) in [6.45, 7) is 1.74. The second kappa shape index (κ2) is 6.14. The maximum absolute atomic E-state index is 11.9. The maximum atomic E-state index is 11.9. The van der Waals surface area contributed by atoms with Gasteiger partial charge in [-0.2, -0.15) is 0 Å². The van der Waals surface area contributed by atoms with E-state index in [4.69, 9.17) is 15.6 Å². The first kappa shape index (κ1) is 14.0. The first-order valence-corrected chi connectivity index (χ1v) is 6.30. The Bertz CT molecular complexity index is 481. The first-order chi connectivity index (χ1) is 9.56. The highest BCUT2D eigenvalue weighted by Crippen LogP contribution is 2.16. The zero-order chi connectivity index (χ0) is 14.5. The van der Waals surface area contributed by atoms with E-state index < -0.39 is 6.03 Å². The smallest absolute Gasteiger partial charge is 0.314 e. The van der Waals surface area contributed by atoms with Crippen LogP contribution in [-0.2, 0) is 4.79 Å². The molecule has 0 aromatic heterocycles. The minimum Gasteiger partial charge on any atom is -0.508 e. The molecule has 7 heteroatoms. The molecule has 108 valence electrons. The van der Waals surface area contributed by atoms with Crippen LogP contribution in [0.15, 0.2) is 24.3 Å². The van der Waals surface area contributed by atoms with E-state index >= 15 is 0 Å². The Kier molecular flexibility index (Phi) is 4.29. The lowest BCUT2D eigenvalue weighted by atomic mass is 10.3. The molecule has 1 aliphatic rings. The van der Waals surface area contributed by atoms with Crippen LogP contribution in [0.4, 0.5) is 4.79 Å². The van der Waals surface area contributed by atoms with Gasteiger partial charge in [0.15, 0.2) is 6.61 Å². The number of primary amides is 1. The molecule has 1 heterocycles. The number of carbonyl (C=O) groups excluding carboxylic acids is 2. The van der Waals surface area contributed by atoms with E-state index in [2.05, 4.69) is 0 Å². The number of ether oxygens (including phenoxy) is 1. The molecule has 1 fully saturated rings. The van der Waals surface area contributed by atoms with Gasteiger partial charge in [0.1, 0.15) is 11.5 Å². The minimum atomic E-state index is -0.461. The maximum Gasteiger partial charge on any atom is 0.314 e. The molecule has 1 aromatic rings. The molecule has 0 unspecified atom stereocenters. The molecule has 3 amide bonds. The van der Waals surface area contributed by atoms with Gasteiger partial charge in [0.05, 0.1) is 0 Å². The van der Waals surface area contributed by atoms with Gasteiger partial charge in [-0.1, -0.05) is 0 Å². The number of amides is 3. The number of nitrogens with zero attached hydrogens (tertiary/aromatic N) is 2. The molecular weight excluding hydrogens is 262 g/mol. The van der Waals surface area contributed by atoms with Crippen LogP contribution in [0.1, 0.15) is 0 Å². The number of phenolic OH excluding ortho intramolecular Hbond substituents is 1. The van der Waals surface area contributed by atoms with Gasteiger partial charge in [-0.25, -0.2) is 4.79 Å². The Balaban J connectivity index is 1.78. The summed E-state index contributed by atoms with van der Waals surface area (Å²) in [6, 6.07) is 5.70. The Hall–Kier alpha value is -2.44. The number of nitrogens with two attached hydrogens (primary N) is 1. The largest absolute Gasteiger partial charge is 0.508 e. The molecule has 0 aliphatic carbocycles. The van der Waals surface area contributed by atoms with E-state index in [1.54, 1.807) is 17.0 Å². The molecule has 3 N–H and O–H groups in total. The molecule has 1 aromatic carbocycles. The van der Waals surface area contributed by atoms with E-state index in [9.17, 15) is 9.59 Å². The molecule has 0 atom stereocenters. The predicted octanol–water partition coefficient (Wildman–Crippen LogP) is -0.00610.